The van der Waals surface area contributed by atoms with Crippen LogP contribution in [0.25, 0.3) is 0 Å². The van der Waals surface area contributed by atoms with Gasteiger partial charge < -0.3 is 4.74 Å². The van der Waals surface area contributed by atoms with Crippen LogP contribution in [0.5, 0.6) is 5.75 Å². The fourth-order valence-electron chi connectivity index (χ4n) is 0.742. The van der Waals surface area contributed by atoms with Crippen LogP contribution in [0.1, 0.15) is 7.43 Å². The van der Waals surface area contributed by atoms with E-state index in [1.807, 2.05) is 0 Å². The van der Waals surface area contributed by atoms with Crippen molar-refractivity contribution in [1.29, 1.82) is 0 Å². The van der Waals surface area contributed by atoms with E-state index in [4.69, 9.17) is 34.8 Å². The molecule has 1 nitrogen and oxygen atoms in total. The topological polar surface area (TPSA) is 9.23 Å². The Kier molecular flexibility index (Phi) is 5.03. The highest BCUT2D eigenvalue weighted by Gasteiger charge is 2.33. The zero-order valence-corrected chi connectivity index (χ0v) is 8.60. The lowest BCUT2D eigenvalue weighted by Gasteiger charge is -2.11. The molecule has 1 aromatic rings. The van der Waals surface area contributed by atoms with Gasteiger partial charge in [-0.25, -0.2) is 0 Å². The Bertz CT molecular complexity index is 328. The van der Waals surface area contributed by atoms with Gasteiger partial charge in [-0.1, -0.05) is 42.2 Å². The van der Waals surface area contributed by atoms with Gasteiger partial charge in [-0.15, -0.1) is 13.2 Å². The van der Waals surface area contributed by atoms with E-state index >= 15 is 0 Å². The first-order chi connectivity index (χ1) is 6.29. The van der Waals surface area contributed by atoms with Crippen molar-refractivity contribution in [3.8, 4) is 5.75 Å². The normalized spacial score (nSPS) is 10.8. The predicted octanol–water partition coefficient (Wildman–Crippen LogP) is 5.18. The summed E-state index contributed by atoms with van der Waals surface area (Å²) in [5, 5.41) is -0.450. The molecule has 0 heterocycles. The Balaban J connectivity index is 0.00000196. The third-order valence-corrected chi connectivity index (χ3v) is 1.96. The lowest BCUT2D eigenvalue weighted by atomic mass is 10.3. The molecule has 1 aromatic carbocycles. The van der Waals surface area contributed by atoms with Gasteiger partial charge >= 0.3 is 6.36 Å². The Labute approximate surface area is 99.7 Å². The SMILES string of the molecule is C.FC(F)(F)Oc1c(Cl)cc(Cl)cc1Cl. The van der Waals surface area contributed by atoms with E-state index in [2.05, 4.69) is 4.74 Å². The number of alkyl halides is 3. The molecule has 0 unspecified atom stereocenters. The van der Waals surface area contributed by atoms with Gasteiger partial charge in [0.05, 0.1) is 10.0 Å². The van der Waals surface area contributed by atoms with E-state index in [0.717, 1.165) is 12.1 Å². The number of rotatable bonds is 1. The van der Waals surface area contributed by atoms with Crippen LogP contribution in [0.3, 0.4) is 0 Å². The summed E-state index contributed by atoms with van der Waals surface area (Å²) in [4.78, 5) is 0. The fraction of sp³-hybridized carbons (Fsp3) is 0.250. The van der Waals surface area contributed by atoms with Crippen molar-refractivity contribution in [3.63, 3.8) is 0 Å². The van der Waals surface area contributed by atoms with Crippen LogP contribution < -0.4 is 4.74 Å². The van der Waals surface area contributed by atoms with Gasteiger partial charge in [-0.3, -0.25) is 0 Å². The molecular formula is C8H6Cl3F3O. The summed E-state index contributed by atoms with van der Waals surface area (Å²) in [5.74, 6) is -0.648. The van der Waals surface area contributed by atoms with Crippen LogP contribution in [0.4, 0.5) is 13.2 Å². The third kappa shape index (κ3) is 4.36. The maximum atomic E-state index is 11.8. The van der Waals surface area contributed by atoms with Gasteiger partial charge in [0, 0.05) is 5.02 Å². The molecule has 7 heteroatoms. The third-order valence-electron chi connectivity index (χ3n) is 1.18. The second-order valence-corrected chi connectivity index (χ2v) is 3.50. The lowest BCUT2D eigenvalue weighted by Crippen LogP contribution is -2.17. The number of hydrogen-bond acceptors (Lipinski definition) is 1. The first-order valence-electron chi connectivity index (χ1n) is 3.20. The monoisotopic (exact) mass is 280 g/mol. The van der Waals surface area contributed by atoms with Crippen LogP contribution in [-0.4, -0.2) is 6.36 Å². The molecule has 0 atom stereocenters. The Morgan fingerprint density at radius 3 is 1.73 bits per heavy atom. The van der Waals surface area contributed by atoms with Crippen molar-refractivity contribution < 1.29 is 17.9 Å². The van der Waals surface area contributed by atoms with Gasteiger partial charge in [0.1, 0.15) is 0 Å². The summed E-state index contributed by atoms with van der Waals surface area (Å²) in [5.41, 5.74) is 0. The van der Waals surface area contributed by atoms with E-state index < -0.39 is 12.1 Å². The molecule has 0 aliphatic carbocycles. The number of halogens is 6. The van der Waals surface area contributed by atoms with Crippen molar-refractivity contribution in [2.24, 2.45) is 0 Å². The van der Waals surface area contributed by atoms with Crippen LogP contribution in [0.15, 0.2) is 12.1 Å². The molecule has 0 aliphatic rings. The highest BCUT2D eigenvalue weighted by atomic mass is 35.5. The highest BCUT2D eigenvalue weighted by Crippen LogP contribution is 2.38. The summed E-state index contributed by atoms with van der Waals surface area (Å²) >= 11 is 16.4. The largest absolute Gasteiger partial charge is 0.573 e. The first kappa shape index (κ1) is 14.7. The van der Waals surface area contributed by atoms with E-state index in [-0.39, 0.29) is 22.5 Å². The zero-order chi connectivity index (χ0) is 10.9. The van der Waals surface area contributed by atoms with E-state index in [9.17, 15) is 13.2 Å². The number of hydrogen-bond donors (Lipinski definition) is 0. The molecular weight excluding hydrogens is 275 g/mol. The molecule has 1 rings (SSSR count). The van der Waals surface area contributed by atoms with Crippen molar-refractivity contribution in [3.05, 3.63) is 27.2 Å². The smallest absolute Gasteiger partial charge is 0.403 e. The quantitative estimate of drug-likeness (QED) is 0.689. The van der Waals surface area contributed by atoms with Crippen molar-refractivity contribution in [2.75, 3.05) is 0 Å². The van der Waals surface area contributed by atoms with Crippen LogP contribution in [-0.2, 0) is 0 Å². The molecule has 0 N–H and O–H groups in total. The average Bonchev–Trinajstić information content (AvgIpc) is 1.95. The Morgan fingerprint density at radius 1 is 1.00 bits per heavy atom. The zero-order valence-electron chi connectivity index (χ0n) is 6.33. The minimum Gasteiger partial charge on any atom is -0.403 e. The average molecular weight is 281 g/mol. The minimum absolute atomic E-state index is 0. The summed E-state index contributed by atoms with van der Waals surface area (Å²) in [6, 6.07) is 2.21. The molecule has 0 fully saturated rings. The van der Waals surface area contributed by atoms with E-state index in [0.29, 0.717) is 0 Å². The Morgan fingerprint density at radius 2 is 1.40 bits per heavy atom. The standard InChI is InChI=1S/C7H2Cl3F3O.CH4/c8-3-1-4(9)6(5(10)2-3)14-7(11,12)13;/h1-2H;1H4. The second-order valence-electron chi connectivity index (χ2n) is 2.25. The maximum absolute atomic E-state index is 11.8. The van der Waals surface area contributed by atoms with Gasteiger partial charge in [-0.2, -0.15) is 0 Å². The van der Waals surface area contributed by atoms with Gasteiger partial charge in [0.15, 0.2) is 5.75 Å². The summed E-state index contributed by atoms with van der Waals surface area (Å²) in [6.45, 7) is 0. The number of ether oxygens (including phenoxy) is 1. The number of benzene rings is 1. The summed E-state index contributed by atoms with van der Waals surface area (Å²) < 4.78 is 39.1. The fourth-order valence-corrected chi connectivity index (χ4v) is 1.64. The molecule has 0 amide bonds. The summed E-state index contributed by atoms with van der Waals surface area (Å²) in [7, 11) is 0. The second kappa shape index (κ2) is 5.14. The molecule has 15 heavy (non-hydrogen) atoms. The van der Waals surface area contributed by atoms with Crippen LogP contribution in [0.2, 0.25) is 15.1 Å². The molecule has 0 aromatic heterocycles. The maximum Gasteiger partial charge on any atom is 0.573 e. The van der Waals surface area contributed by atoms with E-state index in [1.54, 1.807) is 0 Å². The molecule has 0 saturated heterocycles. The van der Waals surface area contributed by atoms with Gasteiger partial charge in [-0.05, 0) is 12.1 Å². The minimum atomic E-state index is -4.83. The van der Waals surface area contributed by atoms with Gasteiger partial charge in [0.2, 0.25) is 0 Å². The molecule has 86 valence electrons. The van der Waals surface area contributed by atoms with E-state index in [1.165, 1.54) is 0 Å². The summed E-state index contributed by atoms with van der Waals surface area (Å²) in [6.07, 6.45) is -4.83. The van der Waals surface area contributed by atoms with Crippen LogP contribution >= 0.6 is 34.8 Å². The molecule has 0 bridgehead atoms. The van der Waals surface area contributed by atoms with Crippen molar-refractivity contribution >= 4 is 34.8 Å². The Hall–Kier alpha value is -0.320. The van der Waals surface area contributed by atoms with Gasteiger partial charge in [0.25, 0.3) is 0 Å². The van der Waals surface area contributed by atoms with Crippen LogP contribution in [0, 0.1) is 0 Å². The van der Waals surface area contributed by atoms with Crippen molar-refractivity contribution in [2.45, 2.75) is 13.8 Å². The lowest BCUT2D eigenvalue weighted by molar-refractivity contribution is -0.274. The molecule has 0 radical (unpaired) electrons. The molecule has 0 saturated carbocycles. The molecule has 0 aliphatic heterocycles. The molecule has 0 spiro atoms. The van der Waals surface area contributed by atoms with Crippen molar-refractivity contribution in [1.82, 2.24) is 0 Å². The predicted molar refractivity (Wildman–Crippen MR) is 54.9 cm³/mol. The first-order valence-corrected chi connectivity index (χ1v) is 4.33. The highest BCUT2D eigenvalue weighted by molar-refractivity contribution is 6.40.